The van der Waals surface area contributed by atoms with E-state index in [0.29, 0.717) is 19.1 Å². The topological polar surface area (TPSA) is 38.3 Å². The summed E-state index contributed by atoms with van der Waals surface area (Å²) < 4.78 is 4.91. The minimum absolute atomic E-state index is 0.0703. The van der Waals surface area contributed by atoms with Gasteiger partial charge in [-0.25, -0.2) is 0 Å². The number of ether oxygens (including phenoxy) is 1. The van der Waals surface area contributed by atoms with Gasteiger partial charge in [0.2, 0.25) is 0 Å². The van der Waals surface area contributed by atoms with Crippen LogP contribution in [0.1, 0.15) is 52.9 Å². The molecule has 0 saturated heterocycles. The summed E-state index contributed by atoms with van der Waals surface area (Å²) in [6, 6.07) is 0.631. The monoisotopic (exact) mass is 241 g/mol. The van der Waals surface area contributed by atoms with Crippen molar-refractivity contribution in [2.24, 2.45) is 11.8 Å². The fourth-order valence-corrected chi connectivity index (χ4v) is 2.82. The summed E-state index contributed by atoms with van der Waals surface area (Å²) in [7, 11) is 0. The highest BCUT2D eigenvalue weighted by atomic mass is 16.5. The Hall–Kier alpha value is -0.570. The largest absolute Gasteiger partial charge is 0.466 e. The Labute approximate surface area is 105 Å². The lowest BCUT2D eigenvalue weighted by molar-refractivity contribution is -0.143. The van der Waals surface area contributed by atoms with E-state index in [9.17, 15) is 4.79 Å². The summed E-state index contributed by atoms with van der Waals surface area (Å²) >= 11 is 0. The normalized spacial score (nSPS) is 29.0. The molecule has 0 aliphatic heterocycles. The van der Waals surface area contributed by atoms with Crippen molar-refractivity contribution < 1.29 is 9.53 Å². The third-order valence-corrected chi connectivity index (χ3v) is 3.79. The van der Waals surface area contributed by atoms with Crippen molar-refractivity contribution in [1.29, 1.82) is 0 Å². The van der Waals surface area contributed by atoms with Crippen LogP contribution in [0.4, 0.5) is 0 Å². The van der Waals surface area contributed by atoms with Gasteiger partial charge in [-0.1, -0.05) is 20.3 Å². The lowest BCUT2D eigenvalue weighted by atomic mass is 9.79. The number of hydrogen-bond acceptors (Lipinski definition) is 3. The fourth-order valence-electron chi connectivity index (χ4n) is 2.82. The molecule has 1 aliphatic carbocycles. The van der Waals surface area contributed by atoms with Gasteiger partial charge in [-0.05, 0) is 44.6 Å². The van der Waals surface area contributed by atoms with Gasteiger partial charge in [0, 0.05) is 12.5 Å². The number of carbonyl (C=O) groups excluding carboxylic acids is 1. The van der Waals surface area contributed by atoms with E-state index in [0.717, 1.165) is 24.8 Å². The quantitative estimate of drug-likeness (QED) is 0.574. The Morgan fingerprint density at radius 2 is 1.94 bits per heavy atom. The fraction of sp³-hybridized carbons (Fsp3) is 0.929. The van der Waals surface area contributed by atoms with Crippen LogP contribution in [0.25, 0.3) is 0 Å². The number of esters is 1. The summed E-state index contributed by atoms with van der Waals surface area (Å²) in [5.41, 5.74) is 0. The molecule has 1 fully saturated rings. The minimum Gasteiger partial charge on any atom is -0.466 e. The van der Waals surface area contributed by atoms with Gasteiger partial charge in [0.1, 0.15) is 0 Å². The number of rotatable bonds is 6. The summed E-state index contributed by atoms with van der Waals surface area (Å²) in [6.45, 7) is 7.93. The zero-order chi connectivity index (χ0) is 12.7. The molecule has 1 saturated carbocycles. The van der Waals surface area contributed by atoms with Crippen LogP contribution < -0.4 is 5.32 Å². The van der Waals surface area contributed by atoms with Crippen LogP contribution in [0.5, 0.6) is 0 Å². The molecule has 1 N–H and O–H groups in total. The van der Waals surface area contributed by atoms with Crippen molar-refractivity contribution in [2.75, 3.05) is 13.2 Å². The van der Waals surface area contributed by atoms with Gasteiger partial charge >= 0.3 is 5.97 Å². The van der Waals surface area contributed by atoms with Crippen LogP contribution in [0, 0.1) is 11.8 Å². The summed E-state index contributed by atoms with van der Waals surface area (Å²) in [6.07, 6.45) is 5.45. The molecular weight excluding hydrogens is 214 g/mol. The highest BCUT2D eigenvalue weighted by Gasteiger charge is 2.26. The second-order valence-corrected chi connectivity index (χ2v) is 5.27. The van der Waals surface area contributed by atoms with E-state index < -0.39 is 0 Å². The van der Waals surface area contributed by atoms with Gasteiger partial charge in [-0.15, -0.1) is 0 Å². The third-order valence-electron chi connectivity index (χ3n) is 3.79. The molecular formula is C14H27NO2. The highest BCUT2D eigenvalue weighted by Crippen LogP contribution is 2.28. The first-order valence-electron chi connectivity index (χ1n) is 7.04. The second-order valence-electron chi connectivity index (χ2n) is 5.27. The number of carbonyl (C=O) groups is 1. The van der Waals surface area contributed by atoms with E-state index in [-0.39, 0.29) is 5.97 Å². The number of nitrogens with one attached hydrogen (secondary N) is 1. The highest BCUT2D eigenvalue weighted by molar-refractivity contribution is 5.69. The van der Waals surface area contributed by atoms with E-state index in [1.54, 1.807) is 0 Å². The maximum absolute atomic E-state index is 11.2. The first kappa shape index (κ1) is 14.5. The van der Waals surface area contributed by atoms with Crippen LogP contribution in [-0.4, -0.2) is 25.2 Å². The predicted molar refractivity (Wildman–Crippen MR) is 69.8 cm³/mol. The molecule has 100 valence electrons. The van der Waals surface area contributed by atoms with E-state index in [1.165, 1.54) is 19.3 Å². The molecule has 2 unspecified atom stereocenters. The standard InChI is InChI=1S/C14H27NO2/c1-4-17-13(16)9-6-10-15-14-11(2)7-5-8-12(14)3/h11-12,14-15H,4-10H2,1-3H3. The lowest BCUT2D eigenvalue weighted by Gasteiger charge is -2.35. The van der Waals surface area contributed by atoms with Crippen molar-refractivity contribution in [1.82, 2.24) is 5.32 Å². The van der Waals surface area contributed by atoms with Gasteiger partial charge < -0.3 is 10.1 Å². The average molecular weight is 241 g/mol. The molecule has 2 atom stereocenters. The third kappa shape index (κ3) is 5.07. The molecule has 0 aromatic carbocycles. The molecule has 1 aliphatic rings. The molecule has 3 nitrogen and oxygen atoms in total. The van der Waals surface area contributed by atoms with Gasteiger partial charge in [0.25, 0.3) is 0 Å². The Kier molecular flexibility index (Phi) is 6.56. The summed E-state index contributed by atoms with van der Waals surface area (Å²) in [4.78, 5) is 11.2. The zero-order valence-electron chi connectivity index (χ0n) is 11.5. The SMILES string of the molecule is CCOC(=O)CCCNC1C(C)CCCC1C. The lowest BCUT2D eigenvalue weighted by Crippen LogP contribution is -2.43. The molecule has 0 aromatic rings. The molecule has 0 spiro atoms. The van der Waals surface area contributed by atoms with E-state index in [4.69, 9.17) is 4.74 Å². The first-order chi connectivity index (χ1) is 8.15. The van der Waals surface area contributed by atoms with Crippen LogP contribution in [-0.2, 0) is 9.53 Å². The molecule has 0 heterocycles. The van der Waals surface area contributed by atoms with E-state index >= 15 is 0 Å². The van der Waals surface area contributed by atoms with Crippen LogP contribution in [0.3, 0.4) is 0 Å². The van der Waals surface area contributed by atoms with Crippen molar-refractivity contribution in [3.63, 3.8) is 0 Å². The first-order valence-corrected chi connectivity index (χ1v) is 7.04. The van der Waals surface area contributed by atoms with Crippen molar-refractivity contribution in [3.8, 4) is 0 Å². The minimum atomic E-state index is -0.0703. The molecule has 0 bridgehead atoms. The smallest absolute Gasteiger partial charge is 0.305 e. The van der Waals surface area contributed by atoms with Crippen LogP contribution >= 0.6 is 0 Å². The van der Waals surface area contributed by atoms with Crippen LogP contribution in [0.15, 0.2) is 0 Å². The molecule has 0 amide bonds. The maximum atomic E-state index is 11.2. The van der Waals surface area contributed by atoms with Gasteiger partial charge in [0.05, 0.1) is 6.61 Å². The molecule has 0 radical (unpaired) electrons. The second kappa shape index (κ2) is 7.70. The Morgan fingerprint density at radius 3 is 2.53 bits per heavy atom. The predicted octanol–water partition coefficient (Wildman–Crippen LogP) is 2.74. The van der Waals surface area contributed by atoms with Gasteiger partial charge in [0.15, 0.2) is 0 Å². The molecule has 17 heavy (non-hydrogen) atoms. The zero-order valence-corrected chi connectivity index (χ0v) is 11.5. The Bertz CT molecular complexity index is 220. The number of hydrogen-bond donors (Lipinski definition) is 1. The summed E-state index contributed by atoms with van der Waals surface area (Å²) in [5, 5.41) is 3.61. The molecule has 0 aromatic heterocycles. The van der Waals surface area contributed by atoms with Gasteiger partial charge in [-0.3, -0.25) is 4.79 Å². The molecule has 3 heteroatoms. The van der Waals surface area contributed by atoms with E-state index in [1.807, 2.05) is 6.92 Å². The van der Waals surface area contributed by atoms with Crippen molar-refractivity contribution >= 4 is 5.97 Å². The van der Waals surface area contributed by atoms with Crippen molar-refractivity contribution in [3.05, 3.63) is 0 Å². The van der Waals surface area contributed by atoms with E-state index in [2.05, 4.69) is 19.2 Å². The van der Waals surface area contributed by atoms with Gasteiger partial charge in [-0.2, -0.15) is 0 Å². The summed E-state index contributed by atoms with van der Waals surface area (Å²) in [5.74, 6) is 1.46. The average Bonchev–Trinajstić information content (AvgIpc) is 2.28. The Morgan fingerprint density at radius 1 is 1.29 bits per heavy atom. The maximum Gasteiger partial charge on any atom is 0.305 e. The Balaban J connectivity index is 2.14. The van der Waals surface area contributed by atoms with Crippen LogP contribution in [0.2, 0.25) is 0 Å². The van der Waals surface area contributed by atoms with Crippen molar-refractivity contribution in [2.45, 2.75) is 58.9 Å². The molecule has 1 rings (SSSR count).